The molecule has 1 fully saturated rings. The van der Waals surface area contributed by atoms with Gasteiger partial charge in [0, 0.05) is 26.2 Å². The number of amides is 1. The van der Waals surface area contributed by atoms with Crippen molar-refractivity contribution in [3.05, 3.63) is 0 Å². The Morgan fingerprint density at radius 1 is 1.33 bits per heavy atom. The lowest BCUT2D eigenvalue weighted by Crippen LogP contribution is -2.48. The molecule has 2 rings (SSSR count). The average molecular weight is 274 g/mol. The first-order valence-corrected chi connectivity index (χ1v) is 6.24. The molecule has 0 aliphatic carbocycles. The van der Waals surface area contributed by atoms with Crippen molar-refractivity contribution in [3.8, 4) is 5.88 Å². The van der Waals surface area contributed by atoms with Crippen LogP contribution in [0.4, 0.5) is 10.6 Å². The number of carboxylic acid groups (broad SMARTS) is 1. The van der Waals surface area contributed by atoms with E-state index in [1.54, 1.807) is 0 Å². The average Bonchev–Trinajstić information content (AvgIpc) is 2.84. The third-order valence-corrected chi connectivity index (χ3v) is 3.12. The molecule has 0 aromatic carbocycles. The summed E-state index contributed by atoms with van der Waals surface area (Å²) in [6.07, 6.45) is -0.900. The van der Waals surface area contributed by atoms with Crippen LogP contribution in [0.25, 0.3) is 0 Å². The van der Waals surface area contributed by atoms with Gasteiger partial charge in [-0.3, -0.25) is 0 Å². The molecule has 18 heavy (non-hydrogen) atoms. The lowest BCUT2D eigenvalue weighted by atomic mass is 10.3. The Bertz CT molecular complexity index is 405. The van der Waals surface area contributed by atoms with Crippen LogP contribution >= 0.6 is 11.7 Å². The number of piperazine rings is 1. The van der Waals surface area contributed by atoms with Gasteiger partial charge < -0.3 is 24.7 Å². The fourth-order valence-electron chi connectivity index (χ4n) is 1.71. The van der Waals surface area contributed by atoms with E-state index in [1.807, 2.05) is 4.90 Å². The first-order valence-electron chi connectivity index (χ1n) is 5.51. The van der Waals surface area contributed by atoms with Crippen LogP contribution < -0.4 is 9.64 Å². The molecule has 1 aliphatic heterocycles. The van der Waals surface area contributed by atoms with Crippen LogP contribution in [0.5, 0.6) is 5.88 Å². The summed E-state index contributed by atoms with van der Waals surface area (Å²) >= 11 is 1.04. The van der Waals surface area contributed by atoms with Gasteiger partial charge in [-0.2, -0.15) is 4.37 Å². The number of rotatable bonds is 4. The molecule has 1 saturated heterocycles. The Hall–Kier alpha value is -1.61. The number of hydrogen-bond donors (Lipinski definition) is 2. The van der Waals surface area contributed by atoms with E-state index >= 15 is 0 Å². The van der Waals surface area contributed by atoms with Gasteiger partial charge in [-0.1, -0.05) is 0 Å². The minimum atomic E-state index is -0.900. The molecule has 8 nitrogen and oxygen atoms in total. The summed E-state index contributed by atoms with van der Waals surface area (Å²) in [7, 11) is 0. The van der Waals surface area contributed by atoms with E-state index in [1.165, 1.54) is 4.90 Å². The van der Waals surface area contributed by atoms with Crippen molar-refractivity contribution in [2.45, 2.75) is 0 Å². The minimum absolute atomic E-state index is 0.0796. The Labute approximate surface area is 108 Å². The van der Waals surface area contributed by atoms with Crippen molar-refractivity contribution in [3.63, 3.8) is 0 Å². The zero-order valence-corrected chi connectivity index (χ0v) is 10.5. The van der Waals surface area contributed by atoms with Crippen LogP contribution in [-0.4, -0.2) is 69.3 Å². The van der Waals surface area contributed by atoms with Crippen LogP contribution in [-0.2, 0) is 0 Å². The van der Waals surface area contributed by atoms with Crippen molar-refractivity contribution in [2.24, 2.45) is 0 Å². The Kier molecular flexibility index (Phi) is 4.15. The van der Waals surface area contributed by atoms with Gasteiger partial charge in [0.15, 0.2) is 0 Å². The van der Waals surface area contributed by atoms with Crippen LogP contribution in [0.15, 0.2) is 0 Å². The summed E-state index contributed by atoms with van der Waals surface area (Å²) in [5, 5.41) is 17.6. The fourth-order valence-corrected chi connectivity index (χ4v) is 2.23. The van der Waals surface area contributed by atoms with Gasteiger partial charge in [0.1, 0.15) is 6.61 Å². The zero-order chi connectivity index (χ0) is 13.0. The van der Waals surface area contributed by atoms with E-state index in [9.17, 15) is 4.79 Å². The number of anilines is 1. The van der Waals surface area contributed by atoms with Gasteiger partial charge in [-0.25, -0.2) is 4.79 Å². The molecule has 2 heterocycles. The molecule has 0 unspecified atom stereocenters. The van der Waals surface area contributed by atoms with Crippen LogP contribution in [0.2, 0.25) is 0 Å². The Morgan fingerprint density at radius 2 is 2.06 bits per heavy atom. The van der Waals surface area contributed by atoms with Gasteiger partial charge in [0.2, 0.25) is 5.82 Å². The Morgan fingerprint density at radius 3 is 2.67 bits per heavy atom. The molecule has 100 valence electrons. The van der Waals surface area contributed by atoms with Gasteiger partial charge in [-0.15, -0.1) is 4.37 Å². The first kappa shape index (κ1) is 12.8. The molecule has 1 aromatic heterocycles. The van der Waals surface area contributed by atoms with Crippen molar-refractivity contribution in [1.29, 1.82) is 0 Å². The highest BCUT2D eigenvalue weighted by Gasteiger charge is 2.24. The number of carbonyl (C=O) groups is 1. The van der Waals surface area contributed by atoms with E-state index in [0.717, 1.165) is 11.7 Å². The monoisotopic (exact) mass is 274 g/mol. The van der Waals surface area contributed by atoms with E-state index in [-0.39, 0.29) is 13.2 Å². The third kappa shape index (κ3) is 2.79. The van der Waals surface area contributed by atoms with Gasteiger partial charge in [0.05, 0.1) is 18.3 Å². The van der Waals surface area contributed by atoms with E-state index in [0.29, 0.717) is 37.9 Å². The second kappa shape index (κ2) is 5.83. The summed E-state index contributed by atoms with van der Waals surface area (Å²) in [6, 6.07) is 0. The smallest absolute Gasteiger partial charge is 0.407 e. The molecule has 0 atom stereocenters. The molecule has 1 aromatic rings. The molecule has 0 bridgehead atoms. The van der Waals surface area contributed by atoms with Crippen molar-refractivity contribution in [2.75, 3.05) is 44.3 Å². The number of hydrogen-bond acceptors (Lipinski definition) is 7. The highest BCUT2D eigenvalue weighted by atomic mass is 32.1. The van der Waals surface area contributed by atoms with Crippen molar-refractivity contribution in [1.82, 2.24) is 13.6 Å². The van der Waals surface area contributed by atoms with E-state index in [2.05, 4.69) is 8.75 Å². The van der Waals surface area contributed by atoms with Crippen molar-refractivity contribution < 1.29 is 19.7 Å². The Balaban J connectivity index is 1.96. The second-order valence-electron chi connectivity index (χ2n) is 3.72. The van der Waals surface area contributed by atoms with Gasteiger partial charge >= 0.3 is 6.09 Å². The molecule has 9 heteroatoms. The maximum atomic E-state index is 10.8. The van der Waals surface area contributed by atoms with E-state index in [4.69, 9.17) is 14.9 Å². The van der Waals surface area contributed by atoms with Crippen molar-refractivity contribution >= 4 is 23.6 Å². The van der Waals surface area contributed by atoms with Crippen LogP contribution in [0.1, 0.15) is 0 Å². The number of aliphatic hydroxyl groups is 1. The SMILES string of the molecule is O=C(O)N1CCN(c2nsnc2OCCO)CC1. The summed E-state index contributed by atoms with van der Waals surface area (Å²) in [5.41, 5.74) is 0. The quantitative estimate of drug-likeness (QED) is 0.778. The normalized spacial score (nSPS) is 15.8. The van der Waals surface area contributed by atoms with Gasteiger partial charge in [-0.05, 0) is 0 Å². The molecule has 0 saturated carbocycles. The largest absolute Gasteiger partial charge is 0.472 e. The molecule has 2 N–H and O–H groups in total. The number of ether oxygens (including phenoxy) is 1. The maximum absolute atomic E-state index is 10.8. The lowest BCUT2D eigenvalue weighted by Gasteiger charge is -2.33. The highest BCUT2D eigenvalue weighted by Crippen LogP contribution is 2.26. The molecular formula is C9H14N4O4S. The number of aliphatic hydroxyl groups excluding tert-OH is 1. The fraction of sp³-hybridized carbons (Fsp3) is 0.667. The van der Waals surface area contributed by atoms with Crippen LogP contribution in [0.3, 0.4) is 0 Å². The predicted molar refractivity (Wildman–Crippen MR) is 64.3 cm³/mol. The second-order valence-corrected chi connectivity index (χ2v) is 4.25. The summed E-state index contributed by atoms with van der Waals surface area (Å²) in [5.74, 6) is 1.02. The molecule has 0 spiro atoms. The maximum Gasteiger partial charge on any atom is 0.407 e. The molecular weight excluding hydrogens is 260 g/mol. The first-order chi connectivity index (χ1) is 8.72. The number of nitrogens with zero attached hydrogens (tertiary/aromatic N) is 4. The summed E-state index contributed by atoms with van der Waals surface area (Å²) in [4.78, 5) is 14.1. The molecule has 1 amide bonds. The highest BCUT2D eigenvalue weighted by molar-refractivity contribution is 6.99. The summed E-state index contributed by atoms with van der Waals surface area (Å²) < 4.78 is 13.4. The minimum Gasteiger partial charge on any atom is -0.472 e. The van der Waals surface area contributed by atoms with E-state index < -0.39 is 6.09 Å². The topological polar surface area (TPSA) is 99.0 Å². The predicted octanol–water partition coefficient (Wildman–Crippen LogP) is -0.291. The zero-order valence-electron chi connectivity index (χ0n) is 9.65. The lowest BCUT2D eigenvalue weighted by molar-refractivity contribution is 0.142. The van der Waals surface area contributed by atoms with Crippen LogP contribution in [0, 0.1) is 0 Å². The molecule has 1 aliphatic rings. The third-order valence-electron chi connectivity index (χ3n) is 2.62. The number of aromatic nitrogens is 2. The van der Waals surface area contributed by atoms with Gasteiger partial charge in [0.25, 0.3) is 5.88 Å². The standard InChI is InChI=1S/C9H14N4O4S/c14-5-6-17-8-7(10-18-11-8)12-1-3-13(4-2-12)9(15)16/h14H,1-6H2,(H,15,16). The molecule has 0 radical (unpaired) electrons. The summed E-state index contributed by atoms with van der Waals surface area (Å²) in [6.45, 7) is 2.09.